The summed E-state index contributed by atoms with van der Waals surface area (Å²) in [6, 6.07) is 11.8. The number of amides is 1. The summed E-state index contributed by atoms with van der Waals surface area (Å²) in [5.41, 5.74) is 9.21. The molecule has 0 unspecified atom stereocenters. The number of nitrogen functional groups attached to an aromatic ring is 1. The summed E-state index contributed by atoms with van der Waals surface area (Å²) in [6.45, 7) is 0. The van der Waals surface area contributed by atoms with Crippen molar-refractivity contribution in [2.75, 3.05) is 5.73 Å². The molecule has 1 aliphatic carbocycles. The molecule has 162 valence electrons. The van der Waals surface area contributed by atoms with Crippen molar-refractivity contribution in [3.05, 3.63) is 53.6 Å². The Morgan fingerprint density at radius 3 is 2.53 bits per heavy atom. The molecule has 5 N–H and O–H groups in total. The third-order valence-corrected chi connectivity index (χ3v) is 5.71. The standard InChI is InChI=1S/C23H22N6O3/c24-21-19(23(32)26-14-5-1-2-6-14)20-22(28-16-8-4-3-7-15(16)27-20)29(21)25-12-13-9-10-17(30)18(31)11-13/h3-4,7-12,14,30-31H,1-2,5-6,24H2,(H,26,32). The SMILES string of the molecule is Nc1c(C(=O)NC2CCCC2)c2nc3ccccc3nc2n1N=Cc1ccc(O)c(O)c1. The molecule has 4 aromatic rings. The third kappa shape index (κ3) is 3.47. The Morgan fingerprint density at radius 1 is 1.09 bits per heavy atom. The first kappa shape index (κ1) is 19.8. The number of nitrogens with one attached hydrogen (secondary N) is 1. The van der Waals surface area contributed by atoms with Crippen LogP contribution in [0.3, 0.4) is 0 Å². The number of carbonyl (C=O) groups excluding carboxylic acids is 1. The van der Waals surface area contributed by atoms with Crippen molar-refractivity contribution in [1.82, 2.24) is 20.0 Å². The fraction of sp³-hybridized carbons (Fsp3) is 0.217. The maximum atomic E-state index is 13.2. The van der Waals surface area contributed by atoms with Gasteiger partial charge in [0.1, 0.15) is 16.9 Å². The van der Waals surface area contributed by atoms with E-state index in [-0.39, 0.29) is 34.8 Å². The van der Waals surface area contributed by atoms with Gasteiger partial charge in [0.05, 0.1) is 17.2 Å². The second-order valence-corrected chi connectivity index (χ2v) is 7.90. The fourth-order valence-electron chi connectivity index (χ4n) is 4.06. The zero-order valence-corrected chi connectivity index (χ0v) is 17.2. The first-order valence-corrected chi connectivity index (χ1v) is 10.4. The molecule has 0 saturated heterocycles. The van der Waals surface area contributed by atoms with Crippen molar-refractivity contribution in [3.63, 3.8) is 0 Å². The molecule has 0 spiro atoms. The lowest BCUT2D eigenvalue weighted by atomic mass is 10.2. The van der Waals surface area contributed by atoms with Crippen LogP contribution in [0.4, 0.5) is 5.82 Å². The van der Waals surface area contributed by atoms with Crippen LogP contribution < -0.4 is 11.1 Å². The number of phenols is 2. The Bertz CT molecular complexity index is 1370. The molecule has 1 saturated carbocycles. The van der Waals surface area contributed by atoms with Gasteiger partial charge in [-0.3, -0.25) is 4.79 Å². The lowest BCUT2D eigenvalue weighted by molar-refractivity contribution is 0.0940. The molecule has 9 heteroatoms. The molecule has 1 fully saturated rings. The molecule has 0 radical (unpaired) electrons. The summed E-state index contributed by atoms with van der Waals surface area (Å²) < 4.78 is 1.38. The second-order valence-electron chi connectivity index (χ2n) is 7.90. The quantitative estimate of drug-likeness (QED) is 0.290. The lowest BCUT2D eigenvalue weighted by Gasteiger charge is -2.11. The molecular formula is C23H22N6O3. The number of phenolic OH excluding ortho intramolecular Hbond substituents is 2. The Hall–Kier alpha value is -4.14. The minimum Gasteiger partial charge on any atom is -0.504 e. The minimum atomic E-state index is -0.291. The van der Waals surface area contributed by atoms with Crippen LogP contribution >= 0.6 is 0 Å². The van der Waals surface area contributed by atoms with E-state index in [1.165, 1.54) is 23.0 Å². The number of benzene rings is 2. The number of para-hydroxylation sites is 2. The van der Waals surface area contributed by atoms with E-state index in [9.17, 15) is 15.0 Å². The van der Waals surface area contributed by atoms with Gasteiger partial charge in [0, 0.05) is 6.04 Å². The summed E-state index contributed by atoms with van der Waals surface area (Å²) in [5, 5.41) is 26.7. The molecule has 2 aromatic carbocycles. The van der Waals surface area contributed by atoms with Crippen molar-refractivity contribution in [2.24, 2.45) is 5.10 Å². The van der Waals surface area contributed by atoms with Crippen LogP contribution in [0.5, 0.6) is 11.5 Å². The number of aromatic hydroxyl groups is 2. The molecular weight excluding hydrogens is 408 g/mol. The average Bonchev–Trinajstić information content (AvgIpc) is 3.38. The van der Waals surface area contributed by atoms with Gasteiger partial charge in [-0.25, -0.2) is 9.97 Å². The van der Waals surface area contributed by atoms with Gasteiger partial charge < -0.3 is 21.3 Å². The largest absolute Gasteiger partial charge is 0.504 e. The van der Waals surface area contributed by atoms with Gasteiger partial charge in [0.25, 0.3) is 5.91 Å². The number of rotatable bonds is 4. The van der Waals surface area contributed by atoms with Crippen LogP contribution in [0, 0.1) is 0 Å². The van der Waals surface area contributed by atoms with Crippen molar-refractivity contribution >= 4 is 40.1 Å². The third-order valence-electron chi connectivity index (χ3n) is 5.71. The predicted octanol–water partition coefficient (Wildman–Crippen LogP) is 3.13. The van der Waals surface area contributed by atoms with E-state index in [0.717, 1.165) is 25.7 Å². The molecule has 9 nitrogen and oxygen atoms in total. The van der Waals surface area contributed by atoms with E-state index >= 15 is 0 Å². The topological polar surface area (TPSA) is 139 Å². The molecule has 0 atom stereocenters. The van der Waals surface area contributed by atoms with Gasteiger partial charge in [-0.15, -0.1) is 0 Å². The van der Waals surface area contributed by atoms with Gasteiger partial charge in [-0.05, 0) is 48.7 Å². The normalized spacial score (nSPS) is 14.6. The molecule has 0 bridgehead atoms. The Morgan fingerprint density at radius 2 is 1.81 bits per heavy atom. The average molecular weight is 430 g/mol. The summed E-state index contributed by atoms with van der Waals surface area (Å²) in [4.78, 5) is 22.5. The van der Waals surface area contributed by atoms with Crippen molar-refractivity contribution in [3.8, 4) is 11.5 Å². The van der Waals surface area contributed by atoms with Gasteiger partial charge >= 0.3 is 0 Å². The van der Waals surface area contributed by atoms with Crippen LogP contribution in [0.1, 0.15) is 41.6 Å². The first-order valence-electron chi connectivity index (χ1n) is 10.4. The van der Waals surface area contributed by atoms with Gasteiger partial charge in [-0.1, -0.05) is 25.0 Å². The molecule has 1 amide bonds. The molecule has 2 heterocycles. The van der Waals surface area contributed by atoms with Gasteiger partial charge in [0.2, 0.25) is 0 Å². The van der Waals surface area contributed by atoms with E-state index in [0.29, 0.717) is 27.8 Å². The minimum absolute atomic E-state index is 0.122. The number of nitrogens with zero attached hydrogens (tertiary/aromatic N) is 4. The summed E-state index contributed by atoms with van der Waals surface area (Å²) in [7, 11) is 0. The van der Waals surface area contributed by atoms with E-state index in [2.05, 4.69) is 20.4 Å². The van der Waals surface area contributed by atoms with Crippen LogP contribution in [-0.2, 0) is 0 Å². The number of fused-ring (bicyclic) bond motifs is 2. The maximum Gasteiger partial charge on any atom is 0.257 e. The number of carbonyl (C=O) groups is 1. The second kappa shape index (κ2) is 7.84. The van der Waals surface area contributed by atoms with Gasteiger partial charge in [-0.2, -0.15) is 9.78 Å². The Balaban J connectivity index is 1.64. The fourth-order valence-corrected chi connectivity index (χ4v) is 4.06. The summed E-state index contributed by atoms with van der Waals surface area (Å²) in [5.74, 6) is -0.650. The molecule has 5 rings (SSSR count). The Labute approximate surface area is 183 Å². The number of anilines is 1. The van der Waals surface area contributed by atoms with Crippen molar-refractivity contribution in [1.29, 1.82) is 0 Å². The highest BCUT2D eigenvalue weighted by Gasteiger charge is 2.26. The predicted molar refractivity (Wildman–Crippen MR) is 122 cm³/mol. The van der Waals surface area contributed by atoms with Crippen LogP contribution in [0.2, 0.25) is 0 Å². The highest BCUT2D eigenvalue weighted by molar-refractivity contribution is 6.10. The lowest BCUT2D eigenvalue weighted by Crippen LogP contribution is -2.33. The highest BCUT2D eigenvalue weighted by atomic mass is 16.3. The van der Waals surface area contributed by atoms with E-state index in [4.69, 9.17) is 5.73 Å². The maximum absolute atomic E-state index is 13.2. The van der Waals surface area contributed by atoms with Crippen LogP contribution in [-0.4, -0.2) is 43.0 Å². The summed E-state index contributed by atoms with van der Waals surface area (Å²) >= 11 is 0. The monoisotopic (exact) mass is 430 g/mol. The molecule has 1 aliphatic rings. The van der Waals surface area contributed by atoms with E-state index in [1.54, 1.807) is 6.07 Å². The van der Waals surface area contributed by atoms with Crippen molar-refractivity contribution < 1.29 is 15.0 Å². The van der Waals surface area contributed by atoms with Crippen LogP contribution in [0.25, 0.3) is 22.2 Å². The number of hydrogen-bond donors (Lipinski definition) is 4. The smallest absolute Gasteiger partial charge is 0.257 e. The summed E-state index contributed by atoms with van der Waals surface area (Å²) in [6.07, 6.45) is 5.54. The molecule has 2 aromatic heterocycles. The molecule has 0 aliphatic heterocycles. The van der Waals surface area contributed by atoms with Crippen molar-refractivity contribution in [2.45, 2.75) is 31.7 Å². The van der Waals surface area contributed by atoms with E-state index < -0.39 is 0 Å². The number of nitrogens with two attached hydrogens (primary N) is 1. The highest BCUT2D eigenvalue weighted by Crippen LogP contribution is 2.29. The van der Waals surface area contributed by atoms with E-state index in [1.807, 2.05) is 24.3 Å². The Kier molecular flexibility index (Phi) is 4.85. The number of aromatic nitrogens is 3. The zero-order chi connectivity index (χ0) is 22.2. The first-order chi connectivity index (χ1) is 15.5. The van der Waals surface area contributed by atoms with Gasteiger partial charge in [0.15, 0.2) is 17.1 Å². The molecule has 32 heavy (non-hydrogen) atoms. The zero-order valence-electron chi connectivity index (χ0n) is 17.2. The number of hydrogen-bond acceptors (Lipinski definition) is 7. The van der Waals surface area contributed by atoms with Crippen LogP contribution in [0.15, 0.2) is 47.6 Å².